The van der Waals surface area contributed by atoms with Gasteiger partial charge in [0.15, 0.2) is 0 Å². The van der Waals surface area contributed by atoms with E-state index in [-0.39, 0.29) is 19.4 Å². The Balaban J connectivity index is 4.24. The van der Waals surface area contributed by atoms with E-state index in [4.69, 9.17) is 9.29 Å². The molecule has 8 nitrogen and oxygen atoms in total. The van der Waals surface area contributed by atoms with Crippen molar-refractivity contribution >= 4 is 26.2 Å². The lowest BCUT2D eigenvalue weighted by molar-refractivity contribution is -0.137. The van der Waals surface area contributed by atoms with Crippen molar-refractivity contribution in [3.8, 4) is 0 Å². The van der Waals surface area contributed by atoms with Gasteiger partial charge in [0.05, 0.1) is 25.2 Å². The molecule has 0 saturated heterocycles. The molecule has 0 aromatic rings. The van der Waals surface area contributed by atoms with E-state index in [2.05, 4.69) is 4.18 Å². The third-order valence-electron chi connectivity index (χ3n) is 2.21. The number of unbranched alkanes of at least 4 members (excludes halogenated alkanes) is 1. The van der Waals surface area contributed by atoms with Gasteiger partial charge in [-0.15, -0.1) is 0 Å². The molecule has 0 amide bonds. The predicted octanol–water partition coefficient (Wildman–Crippen LogP) is 0.342. The van der Waals surface area contributed by atoms with Gasteiger partial charge < -0.3 is 5.11 Å². The monoisotopic (exact) mass is 332 g/mol. The van der Waals surface area contributed by atoms with Gasteiger partial charge in [-0.25, -0.2) is 0 Å². The van der Waals surface area contributed by atoms with Crippen LogP contribution in [0, 0.1) is 0 Å². The summed E-state index contributed by atoms with van der Waals surface area (Å²) < 4.78 is 53.0. The molecule has 0 rings (SSSR count). The van der Waals surface area contributed by atoms with Gasteiger partial charge in [0.25, 0.3) is 20.2 Å². The Morgan fingerprint density at radius 1 is 1.05 bits per heavy atom. The smallest absolute Gasteiger partial charge is 0.303 e. The summed E-state index contributed by atoms with van der Waals surface area (Å²) in [6.45, 7) is -0.183. The van der Waals surface area contributed by atoms with Gasteiger partial charge in [0.1, 0.15) is 0 Å². The van der Waals surface area contributed by atoms with Crippen LogP contribution in [0.3, 0.4) is 0 Å². The highest BCUT2D eigenvalue weighted by Gasteiger charge is 2.16. The van der Waals surface area contributed by atoms with Crippen molar-refractivity contribution in [2.75, 3.05) is 19.1 Å². The zero-order chi connectivity index (χ0) is 15.8. The minimum absolute atomic E-state index is 0.00850. The summed E-state index contributed by atoms with van der Waals surface area (Å²) in [4.78, 5) is 10.3. The number of hydrogen-bond acceptors (Lipinski definition) is 7. The molecule has 0 heterocycles. The highest BCUT2D eigenvalue weighted by atomic mass is 32.2. The van der Waals surface area contributed by atoms with Crippen LogP contribution in [0.25, 0.3) is 0 Å². The lowest BCUT2D eigenvalue weighted by Crippen LogP contribution is -2.20. The Morgan fingerprint density at radius 3 is 2.10 bits per heavy atom. The largest absolute Gasteiger partial charge is 0.481 e. The highest BCUT2D eigenvalue weighted by molar-refractivity contribution is 7.86. The third kappa shape index (κ3) is 13.7. The molecule has 1 atom stereocenters. The molecule has 1 N–H and O–H groups in total. The van der Waals surface area contributed by atoms with Crippen molar-refractivity contribution in [3.05, 3.63) is 0 Å². The zero-order valence-corrected chi connectivity index (χ0v) is 13.1. The second-order valence-corrected chi connectivity index (χ2v) is 7.62. The van der Waals surface area contributed by atoms with Crippen molar-refractivity contribution in [2.45, 2.75) is 38.2 Å². The van der Waals surface area contributed by atoms with Crippen molar-refractivity contribution < 1.29 is 35.1 Å². The molecule has 0 aliphatic carbocycles. The first-order chi connectivity index (χ1) is 8.99. The van der Waals surface area contributed by atoms with E-state index in [0.29, 0.717) is 19.3 Å². The third-order valence-corrected chi connectivity index (χ3v) is 3.43. The van der Waals surface area contributed by atoms with E-state index in [1.165, 1.54) is 0 Å². The molecule has 0 aliphatic heterocycles. The summed E-state index contributed by atoms with van der Waals surface area (Å²) in [5.41, 5.74) is 0. The maximum Gasteiger partial charge on any atom is 0.303 e. The number of carboxylic acid groups (broad SMARTS) is 1. The van der Waals surface area contributed by atoms with Gasteiger partial charge in [-0.1, -0.05) is 6.42 Å². The lowest BCUT2D eigenvalue weighted by atomic mass is 10.1. The van der Waals surface area contributed by atoms with Crippen LogP contribution in [0.15, 0.2) is 0 Å². The van der Waals surface area contributed by atoms with Crippen molar-refractivity contribution in [1.82, 2.24) is 0 Å². The minimum Gasteiger partial charge on any atom is -0.481 e. The van der Waals surface area contributed by atoms with E-state index < -0.39 is 32.3 Å². The van der Waals surface area contributed by atoms with E-state index in [1.807, 2.05) is 0 Å². The first-order valence-corrected chi connectivity index (χ1v) is 9.57. The van der Waals surface area contributed by atoms with Crippen LogP contribution in [0.1, 0.15) is 32.1 Å². The summed E-state index contributed by atoms with van der Waals surface area (Å²) >= 11 is 0. The van der Waals surface area contributed by atoms with Crippen molar-refractivity contribution in [1.29, 1.82) is 0 Å². The van der Waals surface area contributed by atoms with Gasteiger partial charge in [0.2, 0.25) is 0 Å². The quantitative estimate of drug-likeness (QED) is 0.424. The van der Waals surface area contributed by atoms with Crippen LogP contribution in [-0.2, 0) is 33.4 Å². The van der Waals surface area contributed by atoms with E-state index in [0.717, 1.165) is 12.5 Å². The standard InChI is InChI=1S/C10H20O8S2/c1-19(13,14)17-8-7-9(18-20(2,15)16)5-3-4-6-10(11)12/h9H,3-8H2,1-2H3,(H,11,12). The average Bonchev–Trinajstić information content (AvgIpc) is 2.19. The Hall–Kier alpha value is -0.710. The van der Waals surface area contributed by atoms with Crippen molar-refractivity contribution in [2.24, 2.45) is 0 Å². The maximum atomic E-state index is 11.1. The van der Waals surface area contributed by atoms with Crippen LogP contribution >= 0.6 is 0 Å². The first-order valence-electron chi connectivity index (χ1n) is 5.94. The summed E-state index contributed by atoms with van der Waals surface area (Å²) in [6, 6.07) is 0. The number of rotatable bonds is 11. The summed E-state index contributed by atoms with van der Waals surface area (Å²) in [5.74, 6) is -0.925. The summed E-state index contributed by atoms with van der Waals surface area (Å²) in [6.07, 6.45) is 2.32. The second kappa shape index (κ2) is 8.55. The molecule has 0 saturated carbocycles. The van der Waals surface area contributed by atoms with E-state index >= 15 is 0 Å². The fourth-order valence-corrected chi connectivity index (χ4v) is 2.55. The Morgan fingerprint density at radius 2 is 1.65 bits per heavy atom. The molecule has 0 aromatic carbocycles. The second-order valence-electron chi connectivity index (χ2n) is 4.38. The Kier molecular flexibility index (Phi) is 8.25. The highest BCUT2D eigenvalue weighted by Crippen LogP contribution is 2.13. The van der Waals surface area contributed by atoms with Crippen LogP contribution in [0.2, 0.25) is 0 Å². The van der Waals surface area contributed by atoms with Gasteiger partial charge in [-0.05, 0) is 19.3 Å². The van der Waals surface area contributed by atoms with Crippen LogP contribution in [0.5, 0.6) is 0 Å². The molecular weight excluding hydrogens is 312 g/mol. The fourth-order valence-electron chi connectivity index (χ4n) is 1.47. The average molecular weight is 332 g/mol. The molecule has 0 radical (unpaired) electrons. The van der Waals surface area contributed by atoms with E-state index in [9.17, 15) is 21.6 Å². The molecule has 20 heavy (non-hydrogen) atoms. The number of carbonyl (C=O) groups is 1. The zero-order valence-electron chi connectivity index (χ0n) is 11.4. The van der Waals surface area contributed by atoms with Crippen LogP contribution < -0.4 is 0 Å². The Bertz CT molecular complexity index is 493. The minimum atomic E-state index is -3.66. The fraction of sp³-hybridized carbons (Fsp3) is 0.900. The SMILES string of the molecule is CS(=O)(=O)OCCC(CCCCC(=O)O)OS(C)(=O)=O. The number of carboxylic acids is 1. The molecule has 10 heteroatoms. The molecule has 0 spiro atoms. The van der Waals surface area contributed by atoms with E-state index in [1.54, 1.807) is 0 Å². The van der Waals surface area contributed by atoms with Gasteiger partial charge >= 0.3 is 5.97 Å². The molecule has 0 fully saturated rings. The van der Waals surface area contributed by atoms with Gasteiger partial charge in [-0.2, -0.15) is 16.8 Å². The Labute approximate surface area is 119 Å². The molecule has 0 aliphatic rings. The summed E-state index contributed by atoms with van der Waals surface area (Å²) in [7, 11) is -7.25. The molecule has 1 unspecified atom stereocenters. The molecular formula is C10H20O8S2. The number of hydrogen-bond donors (Lipinski definition) is 1. The van der Waals surface area contributed by atoms with Gasteiger partial charge in [0, 0.05) is 6.42 Å². The molecule has 0 aromatic heterocycles. The molecule has 120 valence electrons. The summed E-state index contributed by atoms with van der Waals surface area (Å²) in [5, 5.41) is 8.48. The van der Waals surface area contributed by atoms with Crippen LogP contribution in [0.4, 0.5) is 0 Å². The first kappa shape index (κ1) is 19.3. The maximum absolute atomic E-state index is 11.1. The normalized spacial score (nSPS) is 14.1. The topological polar surface area (TPSA) is 124 Å². The number of aliphatic carboxylic acids is 1. The van der Waals surface area contributed by atoms with Crippen LogP contribution in [-0.4, -0.2) is 53.1 Å². The van der Waals surface area contributed by atoms with Gasteiger partial charge in [-0.3, -0.25) is 13.2 Å². The lowest BCUT2D eigenvalue weighted by Gasteiger charge is -2.15. The molecule has 0 bridgehead atoms. The predicted molar refractivity (Wildman–Crippen MR) is 71.2 cm³/mol. The van der Waals surface area contributed by atoms with Crippen molar-refractivity contribution in [3.63, 3.8) is 0 Å².